The molecule has 1 heterocycles. The van der Waals surface area contributed by atoms with E-state index >= 15 is 0 Å². The molecule has 5 rings (SSSR count). The van der Waals surface area contributed by atoms with Crippen LogP contribution in [-0.4, -0.2) is 21.7 Å². The maximum Gasteiger partial charge on any atom is 0.226 e. The normalized spacial score (nSPS) is 16.1. The second kappa shape index (κ2) is 8.76. The van der Waals surface area contributed by atoms with Crippen molar-refractivity contribution in [3.8, 4) is 11.4 Å². The summed E-state index contributed by atoms with van der Waals surface area (Å²) in [6.45, 7) is 3.93. The van der Waals surface area contributed by atoms with E-state index in [0.717, 1.165) is 35.0 Å². The first kappa shape index (κ1) is 22.4. The average molecular weight is 478 g/mol. The number of carbonyl (C=O) groups excluding carboxylic acids is 1. The lowest BCUT2D eigenvalue weighted by Gasteiger charge is -2.27. The van der Waals surface area contributed by atoms with Crippen molar-refractivity contribution in [1.82, 2.24) is 15.1 Å². The lowest BCUT2D eigenvalue weighted by Crippen LogP contribution is -2.42. The van der Waals surface area contributed by atoms with Gasteiger partial charge in [0, 0.05) is 15.8 Å². The van der Waals surface area contributed by atoms with E-state index in [-0.39, 0.29) is 23.2 Å². The summed E-state index contributed by atoms with van der Waals surface area (Å²) in [5.74, 6) is 0.404. The fourth-order valence-electron chi connectivity index (χ4n) is 4.03. The molecule has 34 heavy (non-hydrogen) atoms. The zero-order valence-electron chi connectivity index (χ0n) is 19.0. The highest BCUT2D eigenvalue weighted by atomic mass is 35.5. The molecular weight excluding hydrogens is 453 g/mol. The smallest absolute Gasteiger partial charge is 0.226 e. The molecule has 1 amide bonds. The summed E-state index contributed by atoms with van der Waals surface area (Å²) in [5, 5.41) is 9.08. The van der Waals surface area contributed by atoms with Gasteiger partial charge in [-0.3, -0.25) is 4.79 Å². The molecule has 5 nitrogen and oxygen atoms in total. The second-order valence-corrected chi connectivity index (χ2v) is 9.61. The van der Waals surface area contributed by atoms with Gasteiger partial charge in [-0.05, 0) is 79.9 Å². The molecule has 1 aliphatic carbocycles. The van der Waals surface area contributed by atoms with Crippen LogP contribution in [0.4, 0.5) is 4.39 Å². The molecule has 1 aliphatic rings. The number of hydrogen-bond acceptors (Lipinski definition) is 3. The monoisotopic (exact) mass is 477 g/mol. The number of fused-ring (bicyclic) bond motifs is 1. The molecule has 2 atom stereocenters. The van der Waals surface area contributed by atoms with Gasteiger partial charge in [-0.2, -0.15) is 5.10 Å². The largest absolute Gasteiger partial charge is 0.484 e. The maximum atomic E-state index is 13.3. The van der Waals surface area contributed by atoms with Crippen molar-refractivity contribution >= 4 is 28.4 Å². The fourth-order valence-corrected chi connectivity index (χ4v) is 4.23. The van der Waals surface area contributed by atoms with Crippen LogP contribution in [0.15, 0.2) is 72.9 Å². The zero-order valence-corrected chi connectivity index (χ0v) is 19.7. The van der Waals surface area contributed by atoms with Crippen LogP contribution in [0.2, 0.25) is 5.02 Å². The molecule has 0 aliphatic heterocycles. The predicted molar refractivity (Wildman–Crippen MR) is 131 cm³/mol. The number of aromatic nitrogens is 2. The third-order valence-electron chi connectivity index (χ3n) is 6.41. The molecule has 1 N–H and O–H groups in total. The van der Waals surface area contributed by atoms with E-state index in [1.165, 1.54) is 12.1 Å². The molecule has 1 fully saturated rings. The first-order chi connectivity index (χ1) is 16.3. The van der Waals surface area contributed by atoms with E-state index in [0.29, 0.717) is 10.8 Å². The predicted octanol–water partition coefficient (Wildman–Crippen LogP) is 6.24. The third-order valence-corrected chi connectivity index (χ3v) is 6.65. The number of amides is 1. The van der Waals surface area contributed by atoms with E-state index in [1.807, 2.05) is 56.3 Å². The Bertz CT molecular complexity index is 1350. The Morgan fingerprint density at radius 2 is 1.91 bits per heavy atom. The van der Waals surface area contributed by atoms with E-state index in [2.05, 4.69) is 10.4 Å². The molecule has 3 aromatic carbocycles. The summed E-state index contributed by atoms with van der Waals surface area (Å²) >= 11 is 6.26. The van der Waals surface area contributed by atoms with Crippen molar-refractivity contribution < 1.29 is 13.9 Å². The molecule has 4 aromatic rings. The van der Waals surface area contributed by atoms with Gasteiger partial charge in [0.1, 0.15) is 17.7 Å². The number of rotatable bonds is 7. The van der Waals surface area contributed by atoms with Crippen LogP contribution in [0.25, 0.3) is 16.6 Å². The summed E-state index contributed by atoms with van der Waals surface area (Å²) in [4.78, 5) is 12.7. The van der Waals surface area contributed by atoms with Crippen LogP contribution < -0.4 is 10.1 Å². The van der Waals surface area contributed by atoms with Crippen LogP contribution in [0, 0.1) is 11.2 Å². The van der Waals surface area contributed by atoms with Gasteiger partial charge in [-0.1, -0.05) is 30.7 Å². The van der Waals surface area contributed by atoms with Gasteiger partial charge in [0.15, 0.2) is 0 Å². The van der Waals surface area contributed by atoms with E-state index < -0.39 is 6.10 Å². The standard InChI is InChI=1S/C27H25ClFN3O2/c1-17(31-26(33)27(2)12-13-27)25(18-4-3-5-20(28)14-18)34-23-10-11-24-19(15-23)16-30-32(24)22-8-6-21(29)7-9-22/h3-11,14-17,25H,12-13H2,1-2H3,(H,31,33)/t17-,25-/m0/s1. The highest BCUT2D eigenvalue weighted by molar-refractivity contribution is 6.30. The Kier molecular flexibility index (Phi) is 5.78. The maximum absolute atomic E-state index is 13.3. The Labute approximate surface area is 202 Å². The molecule has 0 spiro atoms. The minimum absolute atomic E-state index is 0.0478. The number of nitrogens with zero attached hydrogens (tertiary/aromatic N) is 2. The van der Waals surface area contributed by atoms with Crippen molar-refractivity contribution in [3.05, 3.63) is 89.3 Å². The molecule has 0 saturated heterocycles. The minimum Gasteiger partial charge on any atom is -0.484 e. The molecule has 0 unspecified atom stereocenters. The van der Waals surface area contributed by atoms with Crippen LogP contribution in [0.3, 0.4) is 0 Å². The lowest BCUT2D eigenvalue weighted by molar-refractivity contribution is -0.127. The van der Waals surface area contributed by atoms with Gasteiger partial charge < -0.3 is 10.1 Å². The molecule has 1 saturated carbocycles. The molecule has 7 heteroatoms. The Balaban J connectivity index is 1.43. The Hall–Kier alpha value is -3.38. The second-order valence-electron chi connectivity index (χ2n) is 9.17. The summed E-state index contributed by atoms with van der Waals surface area (Å²) < 4.78 is 21.5. The summed E-state index contributed by atoms with van der Waals surface area (Å²) in [7, 11) is 0. The summed E-state index contributed by atoms with van der Waals surface area (Å²) in [6.07, 6.45) is 3.12. The first-order valence-corrected chi connectivity index (χ1v) is 11.7. The SMILES string of the molecule is C[C@H](NC(=O)C1(C)CC1)[C@H](Oc1ccc2c(cnn2-c2ccc(F)cc2)c1)c1cccc(Cl)c1. The van der Waals surface area contributed by atoms with Gasteiger partial charge >= 0.3 is 0 Å². The number of carbonyl (C=O) groups is 1. The number of ether oxygens (including phenoxy) is 1. The van der Waals surface area contributed by atoms with Crippen LogP contribution in [0.5, 0.6) is 5.75 Å². The molecule has 0 bridgehead atoms. The van der Waals surface area contributed by atoms with Crippen LogP contribution >= 0.6 is 11.6 Å². The van der Waals surface area contributed by atoms with Crippen LogP contribution in [0.1, 0.15) is 38.4 Å². The van der Waals surface area contributed by atoms with Crippen molar-refractivity contribution in [3.63, 3.8) is 0 Å². The Morgan fingerprint density at radius 3 is 2.62 bits per heavy atom. The van der Waals surface area contributed by atoms with Gasteiger partial charge in [0.2, 0.25) is 5.91 Å². The van der Waals surface area contributed by atoms with Crippen molar-refractivity contribution in [2.75, 3.05) is 0 Å². The lowest BCUT2D eigenvalue weighted by atomic mass is 10.0. The van der Waals surface area contributed by atoms with Gasteiger partial charge in [0.05, 0.1) is 23.4 Å². The first-order valence-electron chi connectivity index (χ1n) is 11.3. The number of hydrogen-bond donors (Lipinski definition) is 1. The molecule has 0 radical (unpaired) electrons. The Morgan fingerprint density at radius 1 is 1.15 bits per heavy atom. The van der Waals surface area contributed by atoms with Crippen molar-refractivity contribution in [2.45, 2.75) is 38.8 Å². The fraction of sp³-hybridized carbons (Fsp3) is 0.259. The van der Waals surface area contributed by atoms with Crippen molar-refractivity contribution in [2.24, 2.45) is 5.41 Å². The van der Waals surface area contributed by atoms with Crippen LogP contribution in [-0.2, 0) is 4.79 Å². The molecule has 174 valence electrons. The minimum atomic E-state index is -0.436. The molecule has 1 aromatic heterocycles. The van der Waals surface area contributed by atoms with E-state index in [1.54, 1.807) is 23.0 Å². The quantitative estimate of drug-likeness (QED) is 0.342. The highest BCUT2D eigenvalue weighted by Crippen LogP contribution is 2.45. The zero-order chi connectivity index (χ0) is 23.9. The summed E-state index contributed by atoms with van der Waals surface area (Å²) in [6, 6.07) is 19.1. The third kappa shape index (κ3) is 4.50. The highest BCUT2D eigenvalue weighted by Gasteiger charge is 2.45. The van der Waals surface area contributed by atoms with Gasteiger partial charge in [-0.15, -0.1) is 0 Å². The van der Waals surface area contributed by atoms with Gasteiger partial charge in [-0.25, -0.2) is 9.07 Å². The van der Waals surface area contributed by atoms with E-state index in [4.69, 9.17) is 16.3 Å². The van der Waals surface area contributed by atoms with Gasteiger partial charge in [0.25, 0.3) is 0 Å². The average Bonchev–Trinajstić information content (AvgIpc) is 3.44. The topological polar surface area (TPSA) is 56.1 Å². The van der Waals surface area contributed by atoms with Crippen molar-refractivity contribution in [1.29, 1.82) is 0 Å². The number of benzene rings is 3. The summed E-state index contributed by atoms with van der Waals surface area (Å²) in [5.41, 5.74) is 2.25. The molecular formula is C27H25ClFN3O2. The number of nitrogens with one attached hydrogen (secondary N) is 1. The van der Waals surface area contributed by atoms with E-state index in [9.17, 15) is 9.18 Å². The number of halogens is 2.